The SMILES string of the molecule is C[C@H]1[C@H](C)CC[C@]2(C(=O)O)CC[C@]3(C)C(=CC[C@@H]4[C@@]5(C)C[C@@H](O)[C@H](O)[C@@](C)(CO)C5CC[C@]43C)[C@H]12. The maximum atomic E-state index is 12.8. The van der Waals surface area contributed by atoms with E-state index in [0.717, 1.165) is 44.9 Å². The summed E-state index contributed by atoms with van der Waals surface area (Å²) in [5, 5.41) is 42.9. The summed E-state index contributed by atoms with van der Waals surface area (Å²) >= 11 is 0. The van der Waals surface area contributed by atoms with Crippen molar-refractivity contribution in [3.05, 3.63) is 11.6 Å². The molecule has 0 aromatic rings. The van der Waals surface area contributed by atoms with E-state index in [1.54, 1.807) is 0 Å². The molecule has 0 heterocycles. The van der Waals surface area contributed by atoms with E-state index in [9.17, 15) is 25.2 Å². The Bertz CT molecular complexity index is 930. The van der Waals surface area contributed by atoms with Crippen LogP contribution in [0.4, 0.5) is 0 Å². The lowest BCUT2D eigenvalue weighted by atomic mass is 9.33. The number of fused-ring (bicyclic) bond motifs is 7. The number of carbonyl (C=O) groups is 1. The topological polar surface area (TPSA) is 98.0 Å². The Morgan fingerprint density at radius 1 is 1.00 bits per heavy atom. The molecule has 198 valence electrons. The van der Waals surface area contributed by atoms with E-state index in [0.29, 0.717) is 24.2 Å². The highest BCUT2D eigenvalue weighted by atomic mass is 16.4. The molecule has 0 spiro atoms. The maximum absolute atomic E-state index is 12.8. The third-order valence-corrected chi connectivity index (χ3v) is 13.5. The van der Waals surface area contributed by atoms with Gasteiger partial charge in [0.2, 0.25) is 0 Å². The number of aliphatic hydroxyl groups excluding tert-OH is 3. The van der Waals surface area contributed by atoms with E-state index in [1.807, 2.05) is 6.92 Å². The molecule has 0 aliphatic heterocycles. The van der Waals surface area contributed by atoms with Gasteiger partial charge in [0.15, 0.2) is 0 Å². The van der Waals surface area contributed by atoms with Crippen LogP contribution < -0.4 is 0 Å². The molecule has 5 rings (SSSR count). The van der Waals surface area contributed by atoms with Crippen LogP contribution in [0.25, 0.3) is 0 Å². The first-order chi connectivity index (χ1) is 16.2. The summed E-state index contributed by atoms with van der Waals surface area (Å²) in [7, 11) is 0. The summed E-state index contributed by atoms with van der Waals surface area (Å²) in [6, 6.07) is 0. The van der Waals surface area contributed by atoms with Gasteiger partial charge in [-0.15, -0.1) is 0 Å². The fourth-order valence-corrected chi connectivity index (χ4v) is 11.0. The molecule has 12 atom stereocenters. The Balaban J connectivity index is 1.62. The minimum Gasteiger partial charge on any atom is -0.481 e. The number of carboxylic acids is 1. The van der Waals surface area contributed by atoms with E-state index in [1.165, 1.54) is 5.57 Å². The number of aliphatic carboxylic acids is 1. The average molecular weight is 489 g/mol. The van der Waals surface area contributed by atoms with Gasteiger partial charge in [-0.1, -0.05) is 53.2 Å². The lowest BCUT2D eigenvalue weighted by Gasteiger charge is -2.71. The monoisotopic (exact) mass is 488 g/mol. The van der Waals surface area contributed by atoms with Crippen LogP contribution in [-0.4, -0.2) is 45.2 Å². The molecule has 5 heteroatoms. The van der Waals surface area contributed by atoms with Crippen molar-refractivity contribution in [2.45, 2.75) is 105 Å². The molecule has 0 saturated heterocycles. The molecule has 0 aromatic carbocycles. The fraction of sp³-hybridized carbons (Fsp3) is 0.900. The van der Waals surface area contributed by atoms with Crippen LogP contribution in [0.5, 0.6) is 0 Å². The second kappa shape index (κ2) is 7.80. The van der Waals surface area contributed by atoms with Gasteiger partial charge < -0.3 is 20.4 Å². The molecule has 4 fully saturated rings. The van der Waals surface area contributed by atoms with Gasteiger partial charge in [0, 0.05) is 5.41 Å². The Morgan fingerprint density at radius 2 is 1.69 bits per heavy atom. The van der Waals surface area contributed by atoms with Crippen molar-refractivity contribution in [2.24, 2.45) is 56.7 Å². The minimum absolute atomic E-state index is 0.00815. The van der Waals surface area contributed by atoms with Gasteiger partial charge in [-0.2, -0.15) is 0 Å². The van der Waals surface area contributed by atoms with Crippen molar-refractivity contribution < 1.29 is 25.2 Å². The summed E-state index contributed by atoms with van der Waals surface area (Å²) in [6.07, 6.45) is 7.51. The standard InChI is InChI=1S/C30H48O5/c1-17-9-12-30(25(34)35)14-13-28(5)19(23(30)18(17)2)7-8-22-26(3)15-20(32)24(33)27(4,16-31)21(26)10-11-29(22,28)6/h7,17-18,20-24,31-33H,8-16H2,1-6H3,(H,34,35)/t17-,18+,20-,21?,22-,23+,24+,26+,27+,28-,29-,30+/m1/s1. The summed E-state index contributed by atoms with van der Waals surface area (Å²) in [5.74, 6) is 0.828. The van der Waals surface area contributed by atoms with E-state index in [-0.39, 0.29) is 34.7 Å². The molecular weight excluding hydrogens is 440 g/mol. The highest BCUT2D eigenvalue weighted by Crippen LogP contribution is 2.75. The summed E-state index contributed by atoms with van der Waals surface area (Å²) < 4.78 is 0. The minimum atomic E-state index is -0.907. The van der Waals surface area contributed by atoms with E-state index in [2.05, 4.69) is 40.7 Å². The van der Waals surface area contributed by atoms with Crippen molar-refractivity contribution in [1.82, 2.24) is 0 Å². The van der Waals surface area contributed by atoms with Gasteiger partial charge in [0.25, 0.3) is 0 Å². The van der Waals surface area contributed by atoms with Crippen molar-refractivity contribution in [1.29, 1.82) is 0 Å². The zero-order valence-electron chi connectivity index (χ0n) is 22.7. The zero-order valence-corrected chi connectivity index (χ0v) is 22.7. The first-order valence-electron chi connectivity index (χ1n) is 14.1. The summed E-state index contributed by atoms with van der Waals surface area (Å²) in [5.41, 5.74) is -0.214. The fourth-order valence-electron chi connectivity index (χ4n) is 11.0. The van der Waals surface area contributed by atoms with Crippen LogP contribution in [-0.2, 0) is 4.79 Å². The van der Waals surface area contributed by atoms with E-state index >= 15 is 0 Å². The lowest BCUT2D eigenvalue weighted by molar-refractivity contribution is -0.244. The second-order valence-corrected chi connectivity index (χ2v) is 14.5. The number of aliphatic hydroxyl groups is 3. The quantitative estimate of drug-likeness (QED) is 0.409. The summed E-state index contributed by atoms with van der Waals surface area (Å²) in [4.78, 5) is 12.8. The Morgan fingerprint density at radius 3 is 2.31 bits per heavy atom. The molecule has 0 bridgehead atoms. The molecular formula is C30H48O5. The molecule has 5 nitrogen and oxygen atoms in total. The van der Waals surface area contributed by atoms with Crippen LogP contribution in [0.3, 0.4) is 0 Å². The Kier molecular flexibility index (Phi) is 5.73. The molecule has 0 aromatic heterocycles. The average Bonchev–Trinajstić information content (AvgIpc) is 2.80. The molecule has 1 unspecified atom stereocenters. The van der Waals surface area contributed by atoms with Crippen LogP contribution in [0.15, 0.2) is 11.6 Å². The Labute approximate surface area is 211 Å². The first-order valence-corrected chi connectivity index (χ1v) is 14.1. The molecule has 4 N–H and O–H groups in total. The summed E-state index contributed by atoms with van der Waals surface area (Å²) in [6.45, 7) is 13.6. The van der Waals surface area contributed by atoms with Crippen molar-refractivity contribution >= 4 is 5.97 Å². The number of hydrogen-bond acceptors (Lipinski definition) is 4. The van der Waals surface area contributed by atoms with Crippen molar-refractivity contribution in [3.63, 3.8) is 0 Å². The van der Waals surface area contributed by atoms with Crippen molar-refractivity contribution in [2.75, 3.05) is 6.61 Å². The van der Waals surface area contributed by atoms with E-state index < -0.39 is 29.0 Å². The molecule has 0 amide bonds. The van der Waals surface area contributed by atoms with Crippen LogP contribution >= 0.6 is 0 Å². The van der Waals surface area contributed by atoms with Gasteiger partial charge >= 0.3 is 5.97 Å². The van der Waals surface area contributed by atoms with Crippen molar-refractivity contribution in [3.8, 4) is 0 Å². The highest BCUT2D eigenvalue weighted by Gasteiger charge is 2.70. The van der Waals surface area contributed by atoms with E-state index in [4.69, 9.17) is 0 Å². The number of hydrogen-bond donors (Lipinski definition) is 4. The zero-order chi connectivity index (χ0) is 25.8. The number of allylic oxidation sites excluding steroid dienone is 2. The van der Waals surface area contributed by atoms with Gasteiger partial charge in [-0.3, -0.25) is 4.79 Å². The van der Waals surface area contributed by atoms with Crippen LogP contribution in [0.1, 0.15) is 92.9 Å². The first kappa shape index (κ1) is 25.7. The Hall–Kier alpha value is -0.910. The van der Waals surface area contributed by atoms with Gasteiger partial charge in [0.1, 0.15) is 0 Å². The third-order valence-electron chi connectivity index (χ3n) is 13.5. The normalized spacial score (nSPS) is 57.7. The predicted molar refractivity (Wildman–Crippen MR) is 135 cm³/mol. The smallest absolute Gasteiger partial charge is 0.310 e. The molecule has 0 radical (unpaired) electrons. The predicted octanol–water partition coefficient (Wildman–Crippen LogP) is 5.03. The molecule has 5 aliphatic carbocycles. The van der Waals surface area contributed by atoms with Crippen LogP contribution in [0, 0.1) is 56.7 Å². The molecule has 35 heavy (non-hydrogen) atoms. The van der Waals surface area contributed by atoms with Gasteiger partial charge in [-0.25, -0.2) is 0 Å². The van der Waals surface area contributed by atoms with Gasteiger partial charge in [0.05, 0.1) is 24.2 Å². The molecule has 4 saturated carbocycles. The van der Waals surface area contributed by atoms with Gasteiger partial charge in [-0.05, 0) is 97.2 Å². The largest absolute Gasteiger partial charge is 0.481 e. The third kappa shape index (κ3) is 2.95. The number of rotatable bonds is 2. The number of carboxylic acid groups (broad SMARTS) is 1. The maximum Gasteiger partial charge on any atom is 0.310 e. The highest BCUT2D eigenvalue weighted by molar-refractivity contribution is 5.76. The lowest BCUT2D eigenvalue weighted by Crippen LogP contribution is -2.68. The van der Waals surface area contributed by atoms with Crippen LogP contribution in [0.2, 0.25) is 0 Å². The second-order valence-electron chi connectivity index (χ2n) is 14.5. The molecule has 5 aliphatic rings.